The Bertz CT molecular complexity index is 805. The van der Waals surface area contributed by atoms with Gasteiger partial charge >= 0.3 is 0 Å². The van der Waals surface area contributed by atoms with Gasteiger partial charge in [0.25, 0.3) is 11.6 Å². The summed E-state index contributed by atoms with van der Waals surface area (Å²) in [4.78, 5) is 25.1. The van der Waals surface area contributed by atoms with Gasteiger partial charge in [-0.1, -0.05) is 12.1 Å². The fourth-order valence-electron chi connectivity index (χ4n) is 2.71. The summed E-state index contributed by atoms with van der Waals surface area (Å²) in [6, 6.07) is 11.7. The van der Waals surface area contributed by atoms with Gasteiger partial charge in [0, 0.05) is 41.9 Å². The van der Waals surface area contributed by atoms with Gasteiger partial charge in [0.1, 0.15) is 0 Å². The van der Waals surface area contributed by atoms with Crippen LogP contribution in [0.25, 0.3) is 0 Å². The number of nitrogens with zero attached hydrogens (tertiary/aromatic N) is 2. The zero-order valence-corrected chi connectivity index (χ0v) is 15.6. The Morgan fingerprint density at radius 3 is 2.54 bits per heavy atom. The summed E-state index contributed by atoms with van der Waals surface area (Å²) in [7, 11) is 0. The number of hydrogen-bond acceptors (Lipinski definition) is 5. The molecule has 3 rings (SSSR count). The molecule has 1 heterocycles. The second kappa shape index (κ2) is 8.39. The fourth-order valence-corrected chi connectivity index (χ4v) is 3.14. The van der Waals surface area contributed by atoms with Crippen LogP contribution in [0.15, 0.2) is 46.9 Å². The number of amides is 1. The Morgan fingerprint density at radius 2 is 1.88 bits per heavy atom. The SMILES string of the molecule is O=C(Nc1ccc(CN2CCOCC2)cc1)c1cc([N+](=O)[O-])ccc1Br. The summed E-state index contributed by atoms with van der Waals surface area (Å²) in [6.07, 6.45) is 0. The molecule has 0 unspecified atom stereocenters. The Labute approximate surface area is 159 Å². The molecule has 0 bridgehead atoms. The first-order valence-electron chi connectivity index (χ1n) is 8.17. The van der Waals surface area contributed by atoms with E-state index in [9.17, 15) is 14.9 Å². The highest BCUT2D eigenvalue weighted by Gasteiger charge is 2.16. The first-order valence-corrected chi connectivity index (χ1v) is 8.96. The zero-order valence-electron chi connectivity index (χ0n) is 14.0. The molecular formula is C18H18BrN3O4. The van der Waals surface area contributed by atoms with Crippen molar-refractivity contribution in [3.8, 4) is 0 Å². The van der Waals surface area contributed by atoms with Crippen molar-refractivity contribution in [2.75, 3.05) is 31.6 Å². The number of nitro groups is 1. The predicted octanol–water partition coefficient (Wildman–Crippen LogP) is 3.44. The summed E-state index contributed by atoms with van der Waals surface area (Å²) in [5.41, 5.74) is 1.89. The van der Waals surface area contributed by atoms with Crippen LogP contribution in [0.2, 0.25) is 0 Å². The van der Waals surface area contributed by atoms with E-state index in [0.717, 1.165) is 38.4 Å². The van der Waals surface area contributed by atoms with Gasteiger partial charge in [-0.05, 0) is 39.7 Å². The molecule has 1 fully saturated rings. The number of morpholine rings is 1. The molecule has 8 heteroatoms. The third-order valence-corrected chi connectivity index (χ3v) is 4.82. The van der Waals surface area contributed by atoms with E-state index in [1.807, 2.05) is 24.3 Å². The van der Waals surface area contributed by atoms with Gasteiger partial charge in [-0.25, -0.2) is 0 Å². The Balaban J connectivity index is 1.66. The monoisotopic (exact) mass is 419 g/mol. The number of nitrogens with one attached hydrogen (secondary N) is 1. The number of rotatable bonds is 5. The van der Waals surface area contributed by atoms with Crippen LogP contribution in [0.5, 0.6) is 0 Å². The molecular weight excluding hydrogens is 402 g/mol. The molecule has 0 aliphatic carbocycles. The summed E-state index contributed by atoms with van der Waals surface area (Å²) >= 11 is 3.26. The third kappa shape index (κ3) is 4.66. The lowest BCUT2D eigenvalue weighted by atomic mass is 10.1. The summed E-state index contributed by atoms with van der Waals surface area (Å²) in [6.45, 7) is 4.19. The average molecular weight is 420 g/mol. The molecule has 1 aliphatic rings. The maximum absolute atomic E-state index is 12.4. The number of nitro benzene ring substituents is 1. The molecule has 0 aromatic heterocycles. The number of carbonyl (C=O) groups is 1. The summed E-state index contributed by atoms with van der Waals surface area (Å²) in [5.74, 6) is -0.401. The lowest BCUT2D eigenvalue weighted by Crippen LogP contribution is -2.35. The molecule has 0 radical (unpaired) electrons. The lowest BCUT2D eigenvalue weighted by molar-refractivity contribution is -0.384. The van der Waals surface area contributed by atoms with E-state index in [1.54, 1.807) is 0 Å². The van der Waals surface area contributed by atoms with Gasteiger partial charge in [-0.15, -0.1) is 0 Å². The molecule has 1 aliphatic heterocycles. The van der Waals surface area contributed by atoms with Crippen LogP contribution < -0.4 is 5.32 Å². The minimum Gasteiger partial charge on any atom is -0.379 e. The van der Waals surface area contributed by atoms with Gasteiger partial charge in [-0.2, -0.15) is 0 Å². The quantitative estimate of drug-likeness (QED) is 0.592. The predicted molar refractivity (Wildman–Crippen MR) is 101 cm³/mol. The fraction of sp³-hybridized carbons (Fsp3) is 0.278. The highest BCUT2D eigenvalue weighted by Crippen LogP contribution is 2.24. The normalized spacial score (nSPS) is 14.8. The van der Waals surface area contributed by atoms with Crippen molar-refractivity contribution in [1.29, 1.82) is 0 Å². The second-order valence-corrected chi connectivity index (χ2v) is 6.82. The highest BCUT2D eigenvalue weighted by atomic mass is 79.9. The van der Waals surface area contributed by atoms with Crippen molar-refractivity contribution in [3.05, 3.63) is 68.2 Å². The molecule has 26 heavy (non-hydrogen) atoms. The van der Waals surface area contributed by atoms with Crippen molar-refractivity contribution in [2.45, 2.75) is 6.54 Å². The van der Waals surface area contributed by atoms with E-state index >= 15 is 0 Å². The number of non-ortho nitro benzene ring substituents is 1. The largest absolute Gasteiger partial charge is 0.379 e. The van der Waals surface area contributed by atoms with Gasteiger partial charge in [0.05, 0.1) is 23.7 Å². The zero-order chi connectivity index (χ0) is 18.5. The van der Waals surface area contributed by atoms with E-state index in [1.165, 1.54) is 18.2 Å². The van der Waals surface area contributed by atoms with Crippen molar-refractivity contribution >= 4 is 33.2 Å². The number of hydrogen-bond donors (Lipinski definition) is 1. The van der Waals surface area contributed by atoms with Crippen LogP contribution >= 0.6 is 15.9 Å². The second-order valence-electron chi connectivity index (χ2n) is 5.96. The molecule has 2 aromatic rings. The first-order chi connectivity index (χ1) is 12.5. The van der Waals surface area contributed by atoms with E-state index < -0.39 is 10.8 Å². The van der Waals surface area contributed by atoms with Gasteiger partial charge in [0.2, 0.25) is 0 Å². The lowest BCUT2D eigenvalue weighted by Gasteiger charge is -2.26. The Hall–Kier alpha value is -2.29. The minimum absolute atomic E-state index is 0.126. The van der Waals surface area contributed by atoms with Crippen LogP contribution in [0.1, 0.15) is 15.9 Å². The van der Waals surface area contributed by atoms with Crippen LogP contribution in [0.3, 0.4) is 0 Å². The number of halogens is 1. The summed E-state index contributed by atoms with van der Waals surface area (Å²) < 4.78 is 5.84. The van der Waals surface area contributed by atoms with E-state index in [-0.39, 0.29) is 11.3 Å². The maximum atomic E-state index is 12.4. The minimum atomic E-state index is -0.524. The molecule has 7 nitrogen and oxygen atoms in total. The van der Waals surface area contributed by atoms with Crippen molar-refractivity contribution in [1.82, 2.24) is 4.90 Å². The average Bonchev–Trinajstić information content (AvgIpc) is 2.64. The number of benzene rings is 2. The van der Waals surface area contributed by atoms with Crippen LogP contribution in [-0.2, 0) is 11.3 Å². The first kappa shape index (κ1) is 18.5. The Kier molecular flexibility index (Phi) is 5.97. The molecule has 1 N–H and O–H groups in total. The molecule has 0 spiro atoms. The molecule has 2 aromatic carbocycles. The van der Waals surface area contributed by atoms with E-state index in [4.69, 9.17) is 4.74 Å². The van der Waals surface area contributed by atoms with Crippen molar-refractivity contribution < 1.29 is 14.5 Å². The molecule has 1 saturated heterocycles. The Morgan fingerprint density at radius 1 is 1.19 bits per heavy atom. The third-order valence-electron chi connectivity index (χ3n) is 4.13. The van der Waals surface area contributed by atoms with Gasteiger partial charge in [-0.3, -0.25) is 19.8 Å². The standard InChI is InChI=1S/C18H18BrN3O4/c19-17-6-5-15(22(24)25)11-16(17)18(23)20-14-3-1-13(2-4-14)12-21-7-9-26-10-8-21/h1-6,11H,7-10,12H2,(H,20,23). The molecule has 0 saturated carbocycles. The smallest absolute Gasteiger partial charge is 0.270 e. The van der Waals surface area contributed by atoms with Gasteiger partial charge < -0.3 is 10.1 Å². The van der Waals surface area contributed by atoms with Gasteiger partial charge in [0.15, 0.2) is 0 Å². The topological polar surface area (TPSA) is 84.7 Å². The number of anilines is 1. The molecule has 136 valence electrons. The molecule has 1 amide bonds. The highest BCUT2D eigenvalue weighted by molar-refractivity contribution is 9.10. The van der Waals surface area contributed by atoms with Crippen LogP contribution in [0.4, 0.5) is 11.4 Å². The van der Waals surface area contributed by atoms with E-state index in [2.05, 4.69) is 26.1 Å². The van der Waals surface area contributed by atoms with Crippen molar-refractivity contribution in [2.24, 2.45) is 0 Å². The number of ether oxygens (including phenoxy) is 1. The van der Waals surface area contributed by atoms with E-state index in [0.29, 0.717) is 10.2 Å². The molecule has 0 atom stereocenters. The van der Waals surface area contributed by atoms with Crippen molar-refractivity contribution in [3.63, 3.8) is 0 Å². The van der Waals surface area contributed by atoms with Crippen LogP contribution in [0, 0.1) is 10.1 Å². The van der Waals surface area contributed by atoms with Crippen LogP contribution in [-0.4, -0.2) is 42.0 Å². The maximum Gasteiger partial charge on any atom is 0.270 e. The number of carbonyl (C=O) groups excluding carboxylic acids is 1. The summed E-state index contributed by atoms with van der Waals surface area (Å²) in [5, 5.41) is 13.7.